The molecule has 0 amide bonds. The van der Waals surface area contributed by atoms with Gasteiger partial charge >= 0.3 is 0 Å². The molecule has 0 aliphatic carbocycles. The standard InChI is InChI=1S/C15H15ClN2O4S/c1-21-14(22-2)12-11(13(19)20)7-17-15(18-12)23-8-9-3-5-10(16)6-4-9/h3-7,14H,8H2,1-2H3,(H,19,20)/p-1. The summed E-state index contributed by atoms with van der Waals surface area (Å²) in [6.07, 6.45) is 0.299. The molecule has 0 radical (unpaired) electrons. The number of benzene rings is 1. The Morgan fingerprint density at radius 1 is 1.30 bits per heavy atom. The molecule has 122 valence electrons. The van der Waals surface area contributed by atoms with Crippen molar-refractivity contribution in [3.63, 3.8) is 0 Å². The first kappa shape index (κ1) is 17.7. The molecule has 1 aromatic heterocycles. The van der Waals surface area contributed by atoms with Crippen LogP contribution in [0.15, 0.2) is 35.6 Å². The molecule has 1 aromatic carbocycles. The van der Waals surface area contributed by atoms with Crippen LogP contribution in [-0.2, 0) is 15.2 Å². The lowest BCUT2D eigenvalue weighted by molar-refractivity contribution is -0.255. The first-order valence-corrected chi connectivity index (χ1v) is 7.92. The first-order chi connectivity index (χ1) is 11.0. The number of aromatic nitrogens is 2. The van der Waals surface area contributed by atoms with Gasteiger partial charge in [0.1, 0.15) is 5.69 Å². The van der Waals surface area contributed by atoms with Crippen LogP contribution in [0.5, 0.6) is 0 Å². The monoisotopic (exact) mass is 353 g/mol. The summed E-state index contributed by atoms with van der Waals surface area (Å²) in [6.45, 7) is 0. The minimum atomic E-state index is -1.38. The number of hydrogen-bond acceptors (Lipinski definition) is 7. The Kier molecular flexibility index (Phi) is 6.35. The van der Waals surface area contributed by atoms with Gasteiger partial charge in [0.05, 0.1) is 5.97 Å². The highest BCUT2D eigenvalue weighted by atomic mass is 35.5. The van der Waals surface area contributed by atoms with E-state index in [9.17, 15) is 9.90 Å². The van der Waals surface area contributed by atoms with Gasteiger partial charge in [0.15, 0.2) is 5.16 Å². The summed E-state index contributed by atoms with van der Waals surface area (Å²) < 4.78 is 10.2. The van der Waals surface area contributed by atoms with Crippen molar-refractivity contribution in [2.24, 2.45) is 0 Å². The summed E-state index contributed by atoms with van der Waals surface area (Å²) in [5.41, 5.74) is 1.02. The second kappa shape index (κ2) is 8.26. The molecule has 2 aromatic rings. The molecular weight excluding hydrogens is 340 g/mol. The van der Waals surface area contributed by atoms with E-state index in [4.69, 9.17) is 21.1 Å². The lowest BCUT2D eigenvalue weighted by Crippen LogP contribution is -2.26. The van der Waals surface area contributed by atoms with Crippen molar-refractivity contribution >= 4 is 29.3 Å². The predicted octanol–water partition coefficient (Wildman–Crippen LogP) is 2.08. The van der Waals surface area contributed by atoms with Gasteiger partial charge in [0.25, 0.3) is 0 Å². The number of aromatic carboxylic acids is 1. The van der Waals surface area contributed by atoms with Gasteiger partial charge in [0.2, 0.25) is 6.29 Å². The maximum Gasteiger partial charge on any atom is 0.201 e. The number of carboxylic acids is 1. The van der Waals surface area contributed by atoms with Gasteiger partial charge in [0, 0.05) is 36.8 Å². The molecule has 8 heteroatoms. The van der Waals surface area contributed by atoms with Gasteiger partial charge in [-0.15, -0.1) is 0 Å². The van der Waals surface area contributed by atoms with E-state index in [0.29, 0.717) is 15.9 Å². The highest BCUT2D eigenvalue weighted by molar-refractivity contribution is 7.98. The van der Waals surface area contributed by atoms with E-state index in [1.165, 1.54) is 32.2 Å². The quantitative estimate of drug-likeness (QED) is 0.428. The average Bonchev–Trinajstić information content (AvgIpc) is 2.55. The second-order valence-electron chi connectivity index (χ2n) is 4.46. The third kappa shape index (κ3) is 4.65. The topological polar surface area (TPSA) is 84.4 Å². The highest BCUT2D eigenvalue weighted by Gasteiger charge is 2.18. The molecule has 6 nitrogen and oxygen atoms in total. The van der Waals surface area contributed by atoms with Crippen LogP contribution in [0.25, 0.3) is 0 Å². The van der Waals surface area contributed by atoms with Crippen LogP contribution < -0.4 is 5.11 Å². The van der Waals surface area contributed by atoms with Crippen molar-refractivity contribution in [1.29, 1.82) is 0 Å². The zero-order valence-electron chi connectivity index (χ0n) is 12.5. The van der Waals surface area contributed by atoms with Gasteiger partial charge in [-0.2, -0.15) is 0 Å². The van der Waals surface area contributed by atoms with E-state index in [1.807, 2.05) is 12.1 Å². The number of methoxy groups -OCH3 is 2. The van der Waals surface area contributed by atoms with Crippen LogP contribution in [0.1, 0.15) is 27.9 Å². The van der Waals surface area contributed by atoms with Crippen molar-refractivity contribution in [2.45, 2.75) is 17.2 Å². The fraction of sp³-hybridized carbons (Fsp3) is 0.267. The Morgan fingerprint density at radius 2 is 1.96 bits per heavy atom. The minimum absolute atomic E-state index is 0.128. The molecule has 0 saturated heterocycles. The van der Waals surface area contributed by atoms with E-state index in [0.717, 1.165) is 5.56 Å². The largest absolute Gasteiger partial charge is 0.545 e. The van der Waals surface area contributed by atoms with Gasteiger partial charge in [-0.05, 0) is 17.7 Å². The molecule has 1 heterocycles. The number of carbonyl (C=O) groups excluding carboxylic acids is 1. The second-order valence-corrected chi connectivity index (χ2v) is 5.84. The number of thioether (sulfide) groups is 1. The minimum Gasteiger partial charge on any atom is -0.545 e. The fourth-order valence-electron chi connectivity index (χ4n) is 1.83. The van der Waals surface area contributed by atoms with Crippen LogP contribution in [-0.4, -0.2) is 30.2 Å². The Hall–Kier alpha value is -1.67. The summed E-state index contributed by atoms with van der Waals surface area (Å²) in [5.74, 6) is -0.764. The number of hydrogen-bond donors (Lipinski definition) is 0. The first-order valence-electron chi connectivity index (χ1n) is 6.56. The number of carbonyl (C=O) groups is 1. The molecule has 0 atom stereocenters. The van der Waals surface area contributed by atoms with Gasteiger partial charge in [-0.25, -0.2) is 9.97 Å². The summed E-state index contributed by atoms with van der Waals surface area (Å²) in [6, 6.07) is 7.40. The van der Waals surface area contributed by atoms with E-state index >= 15 is 0 Å². The summed E-state index contributed by atoms with van der Waals surface area (Å²) >= 11 is 7.21. The van der Waals surface area contributed by atoms with Crippen LogP contribution in [0.3, 0.4) is 0 Å². The third-order valence-electron chi connectivity index (χ3n) is 2.95. The zero-order valence-corrected chi connectivity index (χ0v) is 14.1. The third-order valence-corrected chi connectivity index (χ3v) is 4.13. The molecule has 0 spiro atoms. The predicted molar refractivity (Wildman–Crippen MR) is 84.1 cm³/mol. The van der Waals surface area contributed by atoms with Crippen LogP contribution in [0, 0.1) is 0 Å². The molecule has 23 heavy (non-hydrogen) atoms. The van der Waals surface area contributed by atoms with E-state index in [1.54, 1.807) is 12.1 Å². The maximum absolute atomic E-state index is 11.2. The molecule has 0 unspecified atom stereocenters. The number of halogens is 1. The van der Waals surface area contributed by atoms with E-state index in [2.05, 4.69) is 9.97 Å². The summed E-state index contributed by atoms with van der Waals surface area (Å²) in [4.78, 5) is 19.4. The summed E-state index contributed by atoms with van der Waals surface area (Å²) in [7, 11) is 2.80. The molecule has 0 aliphatic rings. The fourth-order valence-corrected chi connectivity index (χ4v) is 2.74. The van der Waals surface area contributed by atoms with Gasteiger partial charge < -0.3 is 19.4 Å². The lowest BCUT2D eigenvalue weighted by atomic mass is 10.2. The molecule has 0 N–H and O–H groups in total. The van der Waals surface area contributed by atoms with E-state index in [-0.39, 0.29) is 11.3 Å². The Morgan fingerprint density at radius 3 is 2.52 bits per heavy atom. The number of ether oxygens (including phenoxy) is 2. The van der Waals surface area contributed by atoms with Crippen molar-refractivity contribution < 1.29 is 19.4 Å². The number of rotatable bonds is 7. The molecule has 0 fully saturated rings. The normalized spacial score (nSPS) is 11.0. The van der Waals surface area contributed by atoms with Gasteiger partial charge in [-0.1, -0.05) is 35.5 Å². The van der Waals surface area contributed by atoms with Crippen LogP contribution in [0.4, 0.5) is 0 Å². The van der Waals surface area contributed by atoms with Crippen molar-refractivity contribution in [3.05, 3.63) is 52.3 Å². The lowest BCUT2D eigenvalue weighted by Gasteiger charge is -2.17. The van der Waals surface area contributed by atoms with Crippen molar-refractivity contribution in [2.75, 3.05) is 14.2 Å². The van der Waals surface area contributed by atoms with E-state index < -0.39 is 12.3 Å². The number of nitrogens with zero attached hydrogens (tertiary/aromatic N) is 2. The smallest absolute Gasteiger partial charge is 0.201 e. The Bertz CT molecular complexity index is 678. The molecule has 0 saturated carbocycles. The van der Waals surface area contributed by atoms with Crippen molar-refractivity contribution in [1.82, 2.24) is 9.97 Å². The average molecular weight is 354 g/mol. The Balaban J connectivity index is 2.20. The molecule has 0 aliphatic heterocycles. The zero-order chi connectivity index (χ0) is 16.8. The van der Waals surface area contributed by atoms with Crippen molar-refractivity contribution in [3.8, 4) is 0 Å². The molecular formula is C15H14ClN2O4S-. The summed E-state index contributed by atoms with van der Waals surface area (Å²) in [5, 5.41) is 12.2. The van der Waals surface area contributed by atoms with Gasteiger partial charge in [-0.3, -0.25) is 0 Å². The Labute approximate surface area is 142 Å². The molecule has 2 rings (SSSR count). The number of carboxylic acid groups (broad SMARTS) is 1. The highest BCUT2D eigenvalue weighted by Crippen LogP contribution is 2.24. The SMILES string of the molecule is COC(OC)c1nc(SCc2ccc(Cl)cc2)ncc1C(=O)[O-]. The van der Waals surface area contributed by atoms with Crippen LogP contribution >= 0.6 is 23.4 Å². The molecule has 0 bridgehead atoms. The van der Waals surface area contributed by atoms with Crippen LogP contribution in [0.2, 0.25) is 5.02 Å². The maximum atomic E-state index is 11.2.